The van der Waals surface area contributed by atoms with Gasteiger partial charge in [0.2, 0.25) is 0 Å². The number of anilines is 1. The summed E-state index contributed by atoms with van der Waals surface area (Å²) >= 11 is 5.96. The first kappa shape index (κ1) is 15.1. The maximum absolute atomic E-state index is 5.96. The highest BCUT2D eigenvalue weighted by molar-refractivity contribution is 6.29. The minimum Gasteiger partial charge on any atom is -0.380 e. The van der Waals surface area contributed by atoms with Gasteiger partial charge in [0.25, 0.3) is 0 Å². The van der Waals surface area contributed by atoms with Crippen LogP contribution >= 0.6 is 11.6 Å². The normalized spacial score (nSPS) is 29.7. The van der Waals surface area contributed by atoms with Crippen LogP contribution in [-0.2, 0) is 0 Å². The van der Waals surface area contributed by atoms with Crippen LogP contribution in [0.15, 0.2) is 12.1 Å². The van der Waals surface area contributed by atoms with Gasteiger partial charge in [0.1, 0.15) is 5.15 Å². The summed E-state index contributed by atoms with van der Waals surface area (Å²) in [4.78, 5) is 7.02. The van der Waals surface area contributed by atoms with Crippen molar-refractivity contribution in [3.63, 3.8) is 0 Å². The summed E-state index contributed by atoms with van der Waals surface area (Å²) in [6, 6.07) is 5.22. The second-order valence-electron chi connectivity index (χ2n) is 6.94. The minimum absolute atomic E-state index is 0.577. The van der Waals surface area contributed by atoms with Crippen molar-refractivity contribution < 1.29 is 0 Å². The molecule has 0 amide bonds. The van der Waals surface area contributed by atoms with E-state index in [-0.39, 0.29) is 0 Å². The van der Waals surface area contributed by atoms with E-state index in [1.54, 1.807) is 0 Å². The van der Waals surface area contributed by atoms with Crippen LogP contribution in [0, 0.1) is 18.8 Å². The molecule has 0 radical (unpaired) electrons. The van der Waals surface area contributed by atoms with Crippen molar-refractivity contribution in [1.82, 2.24) is 9.88 Å². The van der Waals surface area contributed by atoms with Crippen LogP contribution in [-0.4, -0.2) is 35.1 Å². The number of nitrogens with zero attached hydrogens (tertiary/aromatic N) is 2. The van der Waals surface area contributed by atoms with Crippen LogP contribution in [0.2, 0.25) is 5.15 Å². The van der Waals surface area contributed by atoms with Crippen LogP contribution < -0.4 is 5.32 Å². The van der Waals surface area contributed by atoms with E-state index in [1.807, 2.05) is 13.0 Å². The summed E-state index contributed by atoms with van der Waals surface area (Å²) in [5.74, 6) is 1.52. The summed E-state index contributed by atoms with van der Waals surface area (Å²) in [7, 11) is 0. The van der Waals surface area contributed by atoms with E-state index in [0.717, 1.165) is 23.2 Å². The van der Waals surface area contributed by atoms with Crippen molar-refractivity contribution in [2.24, 2.45) is 11.8 Å². The Labute approximate surface area is 133 Å². The monoisotopic (exact) mass is 307 g/mol. The Morgan fingerprint density at radius 2 is 1.90 bits per heavy atom. The van der Waals surface area contributed by atoms with E-state index in [1.165, 1.54) is 32.4 Å². The lowest BCUT2D eigenvalue weighted by Gasteiger charge is -2.49. The Morgan fingerprint density at radius 3 is 2.48 bits per heavy atom. The fraction of sp³-hybridized carbons (Fsp3) is 0.706. The minimum atomic E-state index is 0.577. The highest BCUT2D eigenvalue weighted by atomic mass is 35.5. The second-order valence-corrected chi connectivity index (χ2v) is 7.32. The lowest BCUT2D eigenvalue weighted by atomic mass is 9.73. The largest absolute Gasteiger partial charge is 0.380 e. The van der Waals surface area contributed by atoms with Crippen molar-refractivity contribution in [1.29, 1.82) is 0 Å². The molecule has 2 atom stereocenters. The van der Waals surface area contributed by atoms with Crippen LogP contribution in [0.1, 0.15) is 38.8 Å². The van der Waals surface area contributed by atoms with E-state index in [0.29, 0.717) is 17.2 Å². The second kappa shape index (κ2) is 6.13. The number of aromatic nitrogens is 1. The lowest BCUT2D eigenvalue weighted by Crippen LogP contribution is -2.56. The fourth-order valence-corrected chi connectivity index (χ4v) is 4.18. The Bertz CT molecular complexity index is 489. The maximum atomic E-state index is 5.96. The first-order valence-electron chi connectivity index (χ1n) is 8.18. The van der Waals surface area contributed by atoms with Gasteiger partial charge in [0.05, 0.1) is 11.4 Å². The molecule has 2 unspecified atom stereocenters. The Morgan fingerprint density at radius 1 is 1.24 bits per heavy atom. The molecule has 1 aliphatic carbocycles. The molecular formula is C17H26ClN3. The molecule has 1 aliphatic heterocycles. The summed E-state index contributed by atoms with van der Waals surface area (Å²) in [6.45, 7) is 9.12. The molecule has 2 heterocycles. The third-order valence-electron chi connectivity index (χ3n) is 5.21. The summed E-state index contributed by atoms with van der Waals surface area (Å²) in [5, 5.41) is 4.37. The third-order valence-corrected chi connectivity index (χ3v) is 5.42. The topological polar surface area (TPSA) is 28.2 Å². The van der Waals surface area contributed by atoms with Gasteiger partial charge < -0.3 is 10.2 Å². The van der Waals surface area contributed by atoms with Gasteiger partial charge in [-0.3, -0.25) is 0 Å². The average Bonchev–Trinajstić information content (AvgIpc) is 2.41. The third kappa shape index (κ3) is 3.19. The summed E-state index contributed by atoms with van der Waals surface area (Å²) in [6.07, 6.45) is 4.08. The molecule has 1 saturated carbocycles. The molecule has 0 aromatic carbocycles. The molecule has 1 N–H and O–H groups in total. The average molecular weight is 308 g/mol. The van der Waals surface area contributed by atoms with Crippen molar-refractivity contribution in [3.05, 3.63) is 23.0 Å². The standard InChI is InChI=1S/C17H26ClN3/c1-11(2)21-9-13-5-4-6-14(10-21)17(13)20-15-7-8-16(18)19-12(15)3/h7-8,11,13-14,17,20H,4-6,9-10H2,1-3H3. The van der Waals surface area contributed by atoms with Gasteiger partial charge in [-0.1, -0.05) is 18.0 Å². The van der Waals surface area contributed by atoms with Crippen LogP contribution in [0.25, 0.3) is 0 Å². The Balaban J connectivity index is 1.76. The molecule has 1 saturated heterocycles. The SMILES string of the molecule is Cc1nc(Cl)ccc1NC1C2CCCC1CN(C(C)C)C2. The molecule has 2 fully saturated rings. The van der Waals surface area contributed by atoms with Gasteiger partial charge in [-0.2, -0.15) is 0 Å². The molecule has 2 aliphatic rings. The number of pyridine rings is 1. The molecule has 0 spiro atoms. The number of nitrogens with one attached hydrogen (secondary N) is 1. The lowest BCUT2D eigenvalue weighted by molar-refractivity contribution is 0.0518. The van der Waals surface area contributed by atoms with Gasteiger partial charge in [-0.25, -0.2) is 4.98 Å². The summed E-state index contributed by atoms with van der Waals surface area (Å²) in [5.41, 5.74) is 2.16. The van der Waals surface area contributed by atoms with Crippen LogP contribution in [0.4, 0.5) is 5.69 Å². The smallest absolute Gasteiger partial charge is 0.129 e. The van der Waals surface area contributed by atoms with Crippen molar-refractivity contribution in [2.45, 2.75) is 52.1 Å². The first-order chi connectivity index (χ1) is 10.0. The summed E-state index contributed by atoms with van der Waals surface area (Å²) < 4.78 is 0. The number of hydrogen-bond donors (Lipinski definition) is 1. The number of piperidine rings is 1. The van der Waals surface area contributed by atoms with E-state index in [4.69, 9.17) is 11.6 Å². The van der Waals surface area contributed by atoms with E-state index in [2.05, 4.69) is 35.1 Å². The fourth-order valence-electron chi connectivity index (χ4n) is 3.99. The van der Waals surface area contributed by atoms with Crippen molar-refractivity contribution >= 4 is 17.3 Å². The number of likely N-dealkylation sites (tertiary alicyclic amines) is 1. The number of aryl methyl sites for hydroxylation is 1. The van der Waals surface area contributed by atoms with Crippen LogP contribution in [0.3, 0.4) is 0 Å². The molecule has 3 nitrogen and oxygen atoms in total. The van der Waals surface area contributed by atoms with Crippen molar-refractivity contribution in [3.8, 4) is 0 Å². The maximum Gasteiger partial charge on any atom is 0.129 e. The van der Waals surface area contributed by atoms with Gasteiger partial charge >= 0.3 is 0 Å². The highest BCUT2D eigenvalue weighted by Crippen LogP contribution is 2.37. The van der Waals surface area contributed by atoms with Gasteiger partial charge in [0.15, 0.2) is 0 Å². The molecular weight excluding hydrogens is 282 g/mol. The van der Waals surface area contributed by atoms with Gasteiger partial charge in [0, 0.05) is 25.2 Å². The number of rotatable bonds is 3. The van der Waals surface area contributed by atoms with Gasteiger partial charge in [-0.05, 0) is 57.6 Å². The Kier molecular flexibility index (Phi) is 4.41. The zero-order chi connectivity index (χ0) is 15.0. The quantitative estimate of drug-likeness (QED) is 0.857. The zero-order valence-electron chi connectivity index (χ0n) is 13.3. The predicted molar refractivity (Wildman–Crippen MR) is 88.9 cm³/mol. The zero-order valence-corrected chi connectivity index (χ0v) is 14.0. The van der Waals surface area contributed by atoms with E-state index < -0.39 is 0 Å². The molecule has 1 aromatic rings. The molecule has 116 valence electrons. The molecule has 3 rings (SSSR count). The van der Waals surface area contributed by atoms with Crippen LogP contribution in [0.5, 0.6) is 0 Å². The highest BCUT2D eigenvalue weighted by Gasteiger charge is 2.40. The Hall–Kier alpha value is -0.800. The van der Waals surface area contributed by atoms with Crippen molar-refractivity contribution in [2.75, 3.05) is 18.4 Å². The first-order valence-corrected chi connectivity index (χ1v) is 8.56. The number of hydrogen-bond acceptors (Lipinski definition) is 3. The molecule has 4 heteroatoms. The van der Waals surface area contributed by atoms with Gasteiger partial charge in [-0.15, -0.1) is 0 Å². The van der Waals surface area contributed by atoms with E-state index in [9.17, 15) is 0 Å². The predicted octanol–water partition coefficient (Wildman–Crippen LogP) is 3.96. The molecule has 2 bridgehead atoms. The van der Waals surface area contributed by atoms with E-state index >= 15 is 0 Å². The molecule has 1 aromatic heterocycles. The number of halogens is 1. The molecule has 21 heavy (non-hydrogen) atoms. The number of fused-ring (bicyclic) bond motifs is 2.